The van der Waals surface area contributed by atoms with Gasteiger partial charge in [-0.25, -0.2) is 0 Å². The number of hydrogen-bond acceptors (Lipinski definition) is 7. The van der Waals surface area contributed by atoms with E-state index >= 15 is 0 Å². The first-order valence-electron chi connectivity index (χ1n) is 12.1. The fourth-order valence-corrected chi connectivity index (χ4v) is 3.97. The van der Waals surface area contributed by atoms with Gasteiger partial charge in [-0.15, -0.1) is 0 Å². The van der Waals surface area contributed by atoms with Crippen LogP contribution in [0.15, 0.2) is 83.4 Å². The summed E-state index contributed by atoms with van der Waals surface area (Å²) < 4.78 is 22.0. The molecule has 0 fully saturated rings. The van der Waals surface area contributed by atoms with Crippen molar-refractivity contribution in [3.63, 3.8) is 0 Å². The Kier molecular flexibility index (Phi) is 7.45. The zero-order valence-electron chi connectivity index (χ0n) is 20.5. The fourth-order valence-electron chi connectivity index (χ4n) is 3.97. The summed E-state index contributed by atoms with van der Waals surface area (Å²) in [5, 5.41) is 4.06. The molecule has 1 aliphatic rings. The maximum absolute atomic E-state index is 13.4. The van der Waals surface area contributed by atoms with E-state index in [1.54, 1.807) is 12.0 Å². The van der Waals surface area contributed by atoms with Gasteiger partial charge in [0.15, 0.2) is 11.5 Å². The molecule has 1 aromatic heterocycles. The molecule has 2 heterocycles. The van der Waals surface area contributed by atoms with Crippen LogP contribution in [-0.4, -0.2) is 42.9 Å². The van der Waals surface area contributed by atoms with Gasteiger partial charge in [-0.3, -0.25) is 4.79 Å². The number of nitrogens with zero attached hydrogens (tertiary/aromatic N) is 3. The minimum Gasteiger partial charge on any atom is -0.497 e. The first-order valence-corrected chi connectivity index (χ1v) is 12.1. The van der Waals surface area contributed by atoms with Crippen molar-refractivity contribution in [2.24, 2.45) is 0 Å². The zero-order chi connectivity index (χ0) is 25.5. The average Bonchev–Trinajstić information content (AvgIpc) is 3.43. The number of rotatable bonds is 9. The van der Waals surface area contributed by atoms with Gasteiger partial charge in [-0.05, 0) is 42.0 Å². The molecule has 4 aromatic rings. The standard InChI is InChI=1S/C29H27N3O5/c1-34-24-12-9-22(10-13-24)29-30-27(37-31-29)15-16-28(33)32(17-5-8-21-6-3-2-4-7-21)23-11-14-25-26(20-23)36-19-18-35-25/h2-14,20H,15-19H2,1H3/b8-5+. The highest BCUT2D eigenvalue weighted by atomic mass is 16.6. The van der Waals surface area contributed by atoms with Crippen molar-refractivity contribution in [2.45, 2.75) is 12.8 Å². The second-order valence-corrected chi connectivity index (χ2v) is 8.39. The Balaban J connectivity index is 1.30. The summed E-state index contributed by atoms with van der Waals surface area (Å²) in [7, 11) is 1.62. The average molecular weight is 498 g/mol. The van der Waals surface area contributed by atoms with E-state index < -0.39 is 0 Å². The molecule has 0 aliphatic carbocycles. The molecule has 0 bridgehead atoms. The van der Waals surface area contributed by atoms with E-state index in [0.717, 1.165) is 22.6 Å². The quantitative estimate of drug-likeness (QED) is 0.314. The lowest BCUT2D eigenvalue weighted by atomic mass is 10.2. The van der Waals surface area contributed by atoms with Crippen LogP contribution >= 0.6 is 0 Å². The molecule has 3 aromatic carbocycles. The highest BCUT2D eigenvalue weighted by Crippen LogP contribution is 2.34. The van der Waals surface area contributed by atoms with Gasteiger partial charge in [0, 0.05) is 36.7 Å². The van der Waals surface area contributed by atoms with Gasteiger partial charge in [0.2, 0.25) is 17.6 Å². The molecule has 0 N–H and O–H groups in total. The van der Waals surface area contributed by atoms with Crippen molar-refractivity contribution < 1.29 is 23.5 Å². The first kappa shape index (κ1) is 24.1. The number of methoxy groups -OCH3 is 1. The topological polar surface area (TPSA) is 86.9 Å². The molecule has 1 aliphatic heterocycles. The number of amides is 1. The van der Waals surface area contributed by atoms with Crippen LogP contribution in [-0.2, 0) is 11.2 Å². The maximum atomic E-state index is 13.4. The predicted molar refractivity (Wildman–Crippen MR) is 140 cm³/mol. The van der Waals surface area contributed by atoms with Crippen molar-refractivity contribution >= 4 is 17.7 Å². The summed E-state index contributed by atoms with van der Waals surface area (Å²) in [5.41, 5.74) is 2.61. The minimum atomic E-state index is -0.0708. The van der Waals surface area contributed by atoms with Crippen LogP contribution < -0.4 is 19.1 Å². The molecule has 8 heteroatoms. The number of benzene rings is 3. The second kappa shape index (κ2) is 11.4. The number of ether oxygens (including phenoxy) is 3. The molecule has 0 spiro atoms. The highest BCUT2D eigenvalue weighted by Gasteiger charge is 2.20. The van der Waals surface area contributed by atoms with Crippen LogP contribution in [0, 0.1) is 0 Å². The van der Waals surface area contributed by atoms with Gasteiger partial charge in [0.25, 0.3) is 0 Å². The summed E-state index contributed by atoms with van der Waals surface area (Å²) in [6, 6.07) is 22.9. The molecule has 0 atom stereocenters. The largest absolute Gasteiger partial charge is 0.497 e. The molecule has 0 unspecified atom stereocenters. The minimum absolute atomic E-state index is 0.0708. The van der Waals surface area contributed by atoms with Crippen LogP contribution in [0.5, 0.6) is 17.2 Å². The van der Waals surface area contributed by atoms with E-state index in [1.807, 2.05) is 84.9 Å². The van der Waals surface area contributed by atoms with Crippen LogP contribution in [0.2, 0.25) is 0 Å². The van der Waals surface area contributed by atoms with Gasteiger partial charge < -0.3 is 23.6 Å². The van der Waals surface area contributed by atoms with Gasteiger partial charge in [0.05, 0.1) is 7.11 Å². The third kappa shape index (κ3) is 5.98. The van der Waals surface area contributed by atoms with E-state index in [0.29, 0.717) is 49.4 Å². The van der Waals surface area contributed by atoms with Crippen LogP contribution in [0.25, 0.3) is 17.5 Å². The van der Waals surface area contributed by atoms with Crippen LogP contribution in [0.4, 0.5) is 5.69 Å². The normalized spacial score (nSPS) is 12.5. The van der Waals surface area contributed by atoms with E-state index in [4.69, 9.17) is 18.7 Å². The van der Waals surface area contributed by atoms with Gasteiger partial charge in [-0.1, -0.05) is 47.6 Å². The molecular formula is C29H27N3O5. The Morgan fingerprint density at radius 2 is 1.78 bits per heavy atom. The molecule has 0 saturated heterocycles. The summed E-state index contributed by atoms with van der Waals surface area (Å²) in [5.74, 6) is 2.87. The Morgan fingerprint density at radius 1 is 1.00 bits per heavy atom. The van der Waals surface area contributed by atoms with E-state index in [2.05, 4.69) is 10.1 Å². The molecule has 0 radical (unpaired) electrons. The van der Waals surface area contributed by atoms with Gasteiger partial charge in [-0.2, -0.15) is 4.98 Å². The predicted octanol–water partition coefficient (Wildman–Crippen LogP) is 5.20. The van der Waals surface area contributed by atoms with Crippen LogP contribution in [0.3, 0.4) is 0 Å². The number of aryl methyl sites for hydroxylation is 1. The lowest BCUT2D eigenvalue weighted by Crippen LogP contribution is -2.31. The van der Waals surface area contributed by atoms with Crippen molar-refractivity contribution in [1.82, 2.24) is 10.1 Å². The summed E-state index contributed by atoms with van der Waals surface area (Å²) >= 11 is 0. The Labute approximate surface area is 215 Å². The van der Waals surface area contributed by atoms with Gasteiger partial charge >= 0.3 is 0 Å². The third-order valence-corrected chi connectivity index (χ3v) is 5.91. The monoisotopic (exact) mass is 497 g/mol. The Morgan fingerprint density at radius 3 is 2.57 bits per heavy atom. The number of fused-ring (bicyclic) bond motifs is 1. The molecular weight excluding hydrogens is 470 g/mol. The van der Waals surface area contributed by atoms with Crippen molar-refractivity contribution in [2.75, 3.05) is 31.8 Å². The number of aromatic nitrogens is 2. The zero-order valence-corrected chi connectivity index (χ0v) is 20.5. The third-order valence-electron chi connectivity index (χ3n) is 5.91. The lowest BCUT2D eigenvalue weighted by molar-refractivity contribution is -0.118. The number of carbonyl (C=O) groups excluding carboxylic acids is 1. The van der Waals surface area contributed by atoms with Crippen molar-refractivity contribution in [1.29, 1.82) is 0 Å². The smallest absolute Gasteiger partial charge is 0.227 e. The Bertz CT molecular complexity index is 1370. The van der Waals surface area contributed by atoms with Crippen molar-refractivity contribution in [3.8, 4) is 28.6 Å². The molecule has 1 amide bonds. The number of hydrogen-bond donors (Lipinski definition) is 0. The fraction of sp³-hybridized carbons (Fsp3) is 0.207. The van der Waals surface area contributed by atoms with Gasteiger partial charge in [0.1, 0.15) is 19.0 Å². The van der Waals surface area contributed by atoms with E-state index in [9.17, 15) is 4.79 Å². The van der Waals surface area contributed by atoms with E-state index in [-0.39, 0.29) is 12.3 Å². The highest BCUT2D eigenvalue weighted by molar-refractivity contribution is 5.94. The number of carbonyl (C=O) groups is 1. The SMILES string of the molecule is COc1ccc(-c2noc(CCC(=O)N(C/C=C/c3ccccc3)c3ccc4c(c3)OCCO4)n2)cc1. The van der Waals surface area contributed by atoms with Crippen molar-refractivity contribution in [3.05, 3.63) is 90.3 Å². The Hall–Kier alpha value is -4.59. The number of anilines is 1. The summed E-state index contributed by atoms with van der Waals surface area (Å²) in [6.45, 7) is 1.39. The second-order valence-electron chi connectivity index (χ2n) is 8.39. The molecule has 188 valence electrons. The molecule has 5 rings (SSSR count). The molecule has 37 heavy (non-hydrogen) atoms. The summed E-state index contributed by atoms with van der Waals surface area (Å²) in [6.07, 6.45) is 4.50. The van der Waals surface area contributed by atoms with Crippen LogP contribution in [0.1, 0.15) is 17.9 Å². The molecule has 8 nitrogen and oxygen atoms in total. The maximum Gasteiger partial charge on any atom is 0.227 e. The summed E-state index contributed by atoms with van der Waals surface area (Å²) in [4.78, 5) is 19.6. The first-order chi connectivity index (χ1) is 18.2. The molecule has 0 saturated carbocycles. The van der Waals surface area contributed by atoms with E-state index in [1.165, 1.54) is 0 Å². The lowest BCUT2D eigenvalue weighted by Gasteiger charge is -2.24.